The van der Waals surface area contributed by atoms with E-state index in [1.54, 1.807) is 24.3 Å². The second-order valence-electron chi connectivity index (χ2n) is 8.01. The first-order chi connectivity index (χ1) is 13.1. The number of rotatable bonds is 3. The van der Waals surface area contributed by atoms with Crippen LogP contribution in [-0.4, -0.2) is 20.5 Å². The Morgan fingerprint density at radius 2 is 1.28 bits per heavy atom. The average Bonchev–Trinajstić information content (AvgIpc) is 2.63. The van der Waals surface area contributed by atoms with Crippen molar-refractivity contribution in [2.24, 2.45) is 5.73 Å². The Morgan fingerprint density at radius 3 is 1.72 bits per heavy atom. The normalized spacial score (nSPS) is 19.0. The van der Waals surface area contributed by atoms with Crippen LogP contribution >= 0.6 is 0 Å². The Labute approximate surface area is 189 Å². The van der Waals surface area contributed by atoms with Crippen molar-refractivity contribution in [1.29, 1.82) is 0 Å². The molecule has 2 aromatic carbocycles. The van der Waals surface area contributed by atoms with E-state index >= 15 is 0 Å². The van der Waals surface area contributed by atoms with Gasteiger partial charge >= 0.3 is 0 Å². The van der Waals surface area contributed by atoms with Crippen molar-refractivity contribution in [1.82, 2.24) is 4.72 Å². The number of benzene rings is 2. The van der Waals surface area contributed by atoms with Crippen molar-refractivity contribution in [2.75, 3.05) is 0 Å². The van der Waals surface area contributed by atoms with Gasteiger partial charge in [0.05, 0.1) is 4.90 Å². The second-order valence-corrected chi connectivity index (χ2v) is 9.72. The fraction of sp³-hybridized carbons (Fsp3) is 0.478. The minimum atomic E-state index is -3.44. The zero-order chi connectivity index (χ0) is 20.9. The van der Waals surface area contributed by atoms with Gasteiger partial charge in [-0.15, -0.1) is 0 Å². The van der Waals surface area contributed by atoms with E-state index in [1.807, 2.05) is 6.92 Å². The van der Waals surface area contributed by atoms with E-state index in [2.05, 4.69) is 44.5 Å². The molecule has 0 bridgehead atoms. The van der Waals surface area contributed by atoms with Crippen LogP contribution in [0, 0.1) is 34.6 Å². The maximum atomic E-state index is 12.2. The number of aryl methyl sites for hydroxylation is 5. The van der Waals surface area contributed by atoms with Crippen LogP contribution in [0.2, 0.25) is 0 Å². The van der Waals surface area contributed by atoms with Gasteiger partial charge in [-0.1, -0.05) is 42.7 Å². The minimum absolute atomic E-state index is 0. The van der Waals surface area contributed by atoms with Crippen molar-refractivity contribution in [3.05, 3.63) is 64.2 Å². The zero-order valence-electron chi connectivity index (χ0n) is 18.1. The Balaban J connectivity index is 0.000000327. The molecule has 0 unspecified atom stereocenters. The summed E-state index contributed by atoms with van der Waals surface area (Å²) < 4.78 is 27.1. The van der Waals surface area contributed by atoms with Crippen LogP contribution < -0.4 is 10.5 Å². The maximum Gasteiger partial charge on any atom is 0.240 e. The molecular weight excluding hydrogens is 469 g/mol. The number of hydrogen-bond acceptors (Lipinski definition) is 3. The summed E-state index contributed by atoms with van der Waals surface area (Å²) in [5, 5.41) is 0. The van der Waals surface area contributed by atoms with Gasteiger partial charge in [0.2, 0.25) is 10.0 Å². The molecule has 29 heavy (non-hydrogen) atoms. The summed E-state index contributed by atoms with van der Waals surface area (Å²) >= 11 is 0. The van der Waals surface area contributed by atoms with Crippen molar-refractivity contribution in [2.45, 2.75) is 77.3 Å². The molecule has 4 nitrogen and oxygen atoms in total. The Kier molecular flexibility index (Phi) is 10.2. The van der Waals surface area contributed by atoms with Gasteiger partial charge in [-0.05, 0) is 81.8 Å². The van der Waals surface area contributed by atoms with Gasteiger partial charge in [0.25, 0.3) is 0 Å². The first kappa shape index (κ1) is 26.0. The van der Waals surface area contributed by atoms with E-state index in [4.69, 9.17) is 5.73 Å². The third-order valence-electron chi connectivity index (χ3n) is 5.57. The molecule has 0 radical (unpaired) electrons. The van der Waals surface area contributed by atoms with Crippen LogP contribution in [0.1, 0.15) is 53.5 Å². The van der Waals surface area contributed by atoms with Crippen molar-refractivity contribution in [3.8, 4) is 0 Å². The van der Waals surface area contributed by atoms with E-state index in [0.29, 0.717) is 4.90 Å². The predicted molar refractivity (Wildman–Crippen MR) is 117 cm³/mol. The van der Waals surface area contributed by atoms with Crippen LogP contribution in [0.5, 0.6) is 0 Å². The Bertz CT molecular complexity index is 846. The summed E-state index contributed by atoms with van der Waals surface area (Å²) in [6.45, 7) is 10.5. The Morgan fingerprint density at radius 1 is 0.828 bits per heavy atom. The fourth-order valence-corrected chi connectivity index (χ4v) is 4.72. The molecule has 1 aliphatic carbocycles. The van der Waals surface area contributed by atoms with Gasteiger partial charge in [0.15, 0.2) is 0 Å². The van der Waals surface area contributed by atoms with Crippen molar-refractivity contribution >= 4 is 10.0 Å². The van der Waals surface area contributed by atoms with Crippen molar-refractivity contribution in [3.63, 3.8) is 0 Å². The molecule has 0 aromatic heterocycles. The average molecular weight is 504 g/mol. The van der Waals surface area contributed by atoms with Gasteiger partial charge in [-0.3, -0.25) is 0 Å². The van der Waals surface area contributed by atoms with Gasteiger partial charge < -0.3 is 5.73 Å². The first-order valence-electron chi connectivity index (χ1n) is 9.99. The molecule has 1 fully saturated rings. The number of nitrogens with two attached hydrogens (primary N) is 1. The maximum absolute atomic E-state index is 12.2. The summed E-state index contributed by atoms with van der Waals surface area (Å²) in [5.74, 6) is 0. The molecule has 2 aromatic rings. The van der Waals surface area contributed by atoms with E-state index in [9.17, 15) is 8.42 Å². The molecule has 0 heterocycles. The summed E-state index contributed by atoms with van der Waals surface area (Å²) in [5.41, 5.74) is 12.6. The minimum Gasteiger partial charge on any atom is -0.326 e. The van der Waals surface area contributed by atoms with Gasteiger partial charge in [-0.2, -0.15) is 0 Å². The number of sulfonamides is 1. The fourth-order valence-electron chi connectivity index (χ4n) is 3.40. The quantitative estimate of drug-likeness (QED) is 0.608. The molecule has 2 atom stereocenters. The second kappa shape index (κ2) is 11.4. The van der Waals surface area contributed by atoms with E-state index in [1.165, 1.54) is 22.3 Å². The van der Waals surface area contributed by atoms with Gasteiger partial charge in [-0.25, -0.2) is 13.1 Å². The van der Waals surface area contributed by atoms with Gasteiger partial charge in [0, 0.05) is 31.6 Å². The SMILES string of the molecule is Cc1cc(C)c(C)cc1C.Cc1ccc(S(=O)(=O)N[C@@H]2CCCC[C@H]2N)cc1.[Ru]. The third kappa shape index (κ3) is 7.60. The zero-order valence-corrected chi connectivity index (χ0v) is 20.7. The first-order valence-corrected chi connectivity index (χ1v) is 11.5. The molecule has 1 aliphatic rings. The molecule has 162 valence electrons. The molecule has 6 heteroatoms. The van der Waals surface area contributed by atoms with Crippen LogP contribution in [0.3, 0.4) is 0 Å². The number of nitrogens with one attached hydrogen (secondary N) is 1. The topological polar surface area (TPSA) is 72.2 Å². The predicted octanol–water partition coefficient (Wildman–Crippen LogP) is 4.46. The monoisotopic (exact) mass is 504 g/mol. The van der Waals surface area contributed by atoms with E-state index < -0.39 is 10.0 Å². The van der Waals surface area contributed by atoms with Crippen LogP contribution in [-0.2, 0) is 29.5 Å². The van der Waals surface area contributed by atoms with Crippen molar-refractivity contribution < 1.29 is 27.9 Å². The molecular formula is C23H34N2O2RuS. The Hall–Kier alpha value is -1.07. The third-order valence-corrected chi connectivity index (χ3v) is 7.07. The van der Waals surface area contributed by atoms with Crippen LogP contribution in [0.4, 0.5) is 0 Å². The largest absolute Gasteiger partial charge is 0.326 e. The van der Waals surface area contributed by atoms with Crippen LogP contribution in [0.15, 0.2) is 41.3 Å². The molecule has 0 spiro atoms. The summed E-state index contributed by atoms with van der Waals surface area (Å²) in [6.07, 6.45) is 3.84. The molecule has 1 saturated carbocycles. The standard InChI is InChI=1S/C13H20N2O2S.C10H14.Ru/c1-10-6-8-11(9-7-10)18(16,17)15-13-5-3-2-4-12(13)14;1-7-5-9(3)10(4)6-8(7)2;/h6-9,12-13,15H,2-5,14H2,1H3;5-6H,1-4H3;/t12-,13-;;/m1../s1. The van der Waals surface area contributed by atoms with Crippen LogP contribution in [0.25, 0.3) is 0 Å². The molecule has 3 N–H and O–H groups in total. The smallest absolute Gasteiger partial charge is 0.240 e. The van der Waals surface area contributed by atoms with E-state index in [0.717, 1.165) is 31.2 Å². The molecule has 0 aliphatic heterocycles. The summed E-state index contributed by atoms with van der Waals surface area (Å²) in [7, 11) is -3.44. The summed E-state index contributed by atoms with van der Waals surface area (Å²) in [4.78, 5) is 0.311. The van der Waals surface area contributed by atoms with Gasteiger partial charge in [0.1, 0.15) is 0 Å². The summed E-state index contributed by atoms with van der Waals surface area (Å²) in [6, 6.07) is 11.1. The molecule has 3 rings (SSSR count). The molecule has 0 amide bonds. The molecule has 0 saturated heterocycles. The van der Waals surface area contributed by atoms with E-state index in [-0.39, 0.29) is 31.6 Å². The number of hydrogen-bond donors (Lipinski definition) is 2.